The van der Waals surface area contributed by atoms with E-state index in [1.54, 1.807) is 12.1 Å². The summed E-state index contributed by atoms with van der Waals surface area (Å²) in [5, 5.41) is 2.69. The number of ketones is 1. The first-order chi connectivity index (χ1) is 9.83. The smallest absolute Gasteiger partial charge is 0.253 e. The number of guanidine groups is 1. The number of carbonyl (C=O) groups excluding carboxylic acids is 1. The molecule has 0 spiro atoms. The Morgan fingerprint density at radius 2 is 1.95 bits per heavy atom. The highest BCUT2D eigenvalue weighted by Crippen LogP contribution is 2.15. The van der Waals surface area contributed by atoms with Crippen LogP contribution < -0.4 is 11.1 Å². The molecule has 0 saturated heterocycles. The molecule has 1 aliphatic heterocycles. The molecule has 0 atom stereocenters. The van der Waals surface area contributed by atoms with Crippen molar-refractivity contribution in [2.45, 2.75) is 12.8 Å². The van der Waals surface area contributed by atoms with Crippen LogP contribution in [0.3, 0.4) is 0 Å². The minimum atomic E-state index is -3.52. The van der Waals surface area contributed by atoms with Gasteiger partial charge in [0, 0.05) is 17.8 Å². The van der Waals surface area contributed by atoms with Crippen LogP contribution in [-0.2, 0) is 14.8 Å². The standard InChI is InChI=1S/C13H16N4O3S/c1-21(19,20)17-13(14)16-10-4-2-9(3-5-10)12-7-6-11(18)8-15-12/h2-5H,6-8H2,1H3,(H3,14,16,17). The number of carbonyl (C=O) groups is 1. The lowest BCUT2D eigenvalue weighted by Crippen LogP contribution is -2.23. The van der Waals surface area contributed by atoms with E-state index in [0.717, 1.165) is 17.5 Å². The minimum Gasteiger partial charge on any atom is -0.369 e. The summed E-state index contributed by atoms with van der Waals surface area (Å²) >= 11 is 0. The SMILES string of the molecule is CS(=O)(=O)N=C(N)Nc1ccc(C2=NCC(=O)CC2)cc1. The third-order valence-electron chi connectivity index (χ3n) is 2.84. The van der Waals surface area contributed by atoms with Gasteiger partial charge in [0.15, 0.2) is 5.78 Å². The molecule has 0 aromatic heterocycles. The second-order valence-electron chi connectivity index (χ2n) is 4.71. The van der Waals surface area contributed by atoms with Crippen LogP contribution in [0, 0.1) is 0 Å². The maximum Gasteiger partial charge on any atom is 0.253 e. The van der Waals surface area contributed by atoms with Gasteiger partial charge in [0.1, 0.15) is 0 Å². The number of benzene rings is 1. The highest BCUT2D eigenvalue weighted by Gasteiger charge is 2.13. The molecule has 0 saturated carbocycles. The topological polar surface area (TPSA) is 114 Å². The number of rotatable bonds is 3. The fourth-order valence-electron chi connectivity index (χ4n) is 1.93. The van der Waals surface area contributed by atoms with Crippen molar-refractivity contribution in [2.24, 2.45) is 15.1 Å². The largest absolute Gasteiger partial charge is 0.369 e. The Bertz CT molecular complexity index is 705. The molecular formula is C13H16N4O3S. The Balaban J connectivity index is 2.09. The zero-order chi connectivity index (χ0) is 15.5. The van der Waals surface area contributed by atoms with Crippen molar-refractivity contribution in [3.63, 3.8) is 0 Å². The summed E-state index contributed by atoms with van der Waals surface area (Å²) in [4.78, 5) is 15.4. The van der Waals surface area contributed by atoms with Crippen LogP contribution in [0.1, 0.15) is 18.4 Å². The molecule has 21 heavy (non-hydrogen) atoms. The summed E-state index contributed by atoms with van der Waals surface area (Å²) < 4.78 is 25.3. The van der Waals surface area contributed by atoms with Crippen molar-refractivity contribution < 1.29 is 13.2 Å². The van der Waals surface area contributed by atoms with Crippen LogP contribution in [0.5, 0.6) is 0 Å². The van der Waals surface area contributed by atoms with Crippen molar-refractivity contribution >= 4 is 33.2 Å². The molecular weight excluding hydrogens is 292 g/mol. The van der Waals surface area contributed by atoms with Gasteiger partial charge < -0.3 is 11.1 Å². The van der Waals surface area contributed by atoms with E-state index in [1.165, 1.54) is 0 Å². The lowest BCUT2D eigenvalue weighted by molar-refractivity contribution is -0.117. The van der Waals surface area contributed by atoms with Crippen molar-refractivity contribution in [1.82, 2.24) is 0 Å². The third kappa shape index (κ3) is 4.67. The van der Waals surface area contributed by atoms with E-state index in [2.05, 4.69) is 14.7 Å². The van der Waals surface area contributed by atoms with Crippen molar-refractivity contribution in [3.8, 4) is 0 Å². The zero-order valence-corrected chi connectivity index (χ0v) is 12.4. The molecule has 7 nitrogen and oxygen atoms in total. The molecule has 0 radical (unpaired) electrons. The molecule has 0 amide bonds. The van der Waals surface area contributed by atoms with Crippen LogP contribution in [0.2, 0.25) is 0 Å². The van der Waals surface area contributed by atoms with Gasteiger partial charge >= 0.3 is 0 Å². The number of Topliss-reactive ketones (excluding diaryl/α,β-unsaturated/α-hetero) is 1. The molecule has 2 rings (SSSR count). The first-order valence-corrected chi connectivity index (χ1v) is 8.16. The lowest BCUT2D eigenvalue weighted by atomic mass is 10.0. The Kier molecular flexibility index (Phi) is 4.37. The average Bonchev–Trinajstić information content (AvgIpc) is 2.38. The highest BCUT2D eigenvalue weighted by molar-refractivity contribution is 7.89. The molecule has 0 fully saturated rings. The van der Waals surface area contributed by atoms with Gasteiger partial charge in [0.25, 0.3) is 10.0 Å². The molecule has 1 aromatic rings. The predicted molar refractivity (Wildman–Crippen MR) is 82.2 cm³/mol. The average molecular weight is 308 g/mol. The number of aliphatic imine (C=N–C) groups is 1. The second-order valence-corrected chi connectivity index (χ2v) is 6.36. The fourth-order valence-corrected chi connectivity index (χ4v) is 2.33. The van der Waals surface area contributed by atoms with Crippen LogP contribution in [0.15, 0.2) is 33.7 Å². The number of hydrogen-bond donors (Lipinski definition) is 2. The van der Waals surface area contributed by atoms with Crippen LogP contribution in [0.4, 0.5) is 5.69 Å². The molecule has 8 heteroatoms. The molecule has 0 bridgehead atoms. The van der Waals surface area contributed by atoms with Crippen LogP contribution in [-0.4, -0.2) is 38.7 Å². The first-order valence-electron chi connectivity index (χ1n) is 6.31. The molecule has 3 N–H and O–H groups in total. The van der Waals surface area contributed by atoms with Gasteiger partial charge in [-0.1, -0.05) is 12.1 Å². The van der Waals surface area contributed by atoms with E-state index in [1.807, 2.05) is 12.1 Å². The maximum atomic E-state index is 11.1. The van der Waals surface area contributed by atoms with E-state index >= 15 is 0 Å². The molecule has 0 unspecified atom stereocenters. The van der Waals surface area contributed by atoms with E-state index in [4.69, 9.17) is 5.73 Å². The minimum absolute atomic E-state index is 0.154. The van der Waals surface area contributed by atoms with E-state index < -0.39 is 10.0 Å². The van der Waals surface area contributed by atoms with Crippen molar-refractivity contribution in [2.75, 3.05) is 18.1 Å². The van der Waals surface area contributed by atoms with E-state index in [-0.39, 0.29) is 18.3 Å². The Morgan fingerprint density at radius 3 is 2.48 bits per heavy atom. The summed E-state index contributed by atoms with van der Waals surface area (Å²) in [6.07, 6.45) is 2.13. The number of anilines is 1. The van der Waals surface area contributed by atoms with Gasteiger partial charge in [-0.2, -0.15) is 0 Å². The first kappa shape index (κ1) is 15.2. The van der Waals surface area contributed by atoms with Crippen molar-refractivity contribution in [1.29, 1.82) is 0 Å². The molecule has 0 aliphatic carbocycles. The molecule has 1 aromatic carbocycles. The van der Waals surface area contributed by atoms with E-state index in [0.29, 0.717) is 18.5 Å². The van der Waals surface area contributed by atoms with Gasteiger partial charge in [-0.15, -0.1) is 4.40 Å². The monoisotopic (exact) mass is 308 g/mol. The number of nitrogens with one attached hydrogen (secondary N) is 1. The van der Waals surface area contributed by atoms with E-state index in [9.17, 15) is 13.2 Å². The molecule has 1 heterocycles. The number of nitrogens with zero attached hydrogens (tertiary/aromatic N) is 2. The summed E-state index contributed by atoms with van der Waals surface area (Å²) in [5.41, 5.74) is 7.95. The second kappa shape index (κ2) is 6.04. The number of nitrogens with two attached hydrogens (primary N) is 1. The Hall–Kier alpha value is -2.22. The zero-order valence-electron chi connectivity index (χ0n) is 11.5. The summed E-state index contributed by atoms with van der Waals surface area (Å²) in [6, 6.07) is 7.17. The van der Waals surface area contributed by atoms with Gasteiger partial charge in [0.05, 0.1) is 12.8 Å². The lowest BCUT2D eigenvalue weighted by Gasteiger charge is -2.12. The van der Waals surface area contributed by atoms with Gasteiger partial charge in [-0.3, -0.25) is 9.79 Å². The molecule has 112 valence electrons. The summed E-state index contributed by atoms with van der Waals surface area (Å²) in [6.45, 7) is 0.239. The van der Waals surface area contributed by atoms with Gasteiger partial charge in [-0.05, 0) is 24.1 Å². The van der Waals surface area contributed by atoms with Crippen LogP contribution >= 0.6 is 0 Å². The number of sulfonamides is 1. The summed E-state index contributed by atoms with van der Waals surface area (Å²) in [7, 11) is -3.52. The third-order valence-corrected chi connectivity index (χ3v) is 3.37. The maximum absolute atomic E-state index is 11.1. The van der Waals surface area contributed by atoms with Crippen molar-refractivity contribution in [3.05, 3.63) is 29.8 Å². The van der Waals surface area contributed by atoms with Crippen LogP contribution in [0.25, 0.3) is 0 Å². The number of hydrogen-bond acceptors (Lipinski definition) is 4. The van der Waals surface area contributed by atoms with Gasteiger partial charge in [-0.25, -0.2) is 8.42 Å². The quantitative estimate of drug-likeness (QED) is 0.624. The normalized spacial score (nSPS) is 16.5. The van der Waals surface area contributed by atoms with Gasteiger partial charge in [0.2, 0.25) is 5.96 Å². The predicted octanol–water partition coefficient (Wildman–Crippen LogP) is 0.525. The molecule has 1 aliphatic rings. The highest BCUT2D eigenvalue weighted by atomic mass is 32.2. The summed E-state index contributed by atoms with van der Waals surface area (Å²) in [5.74, 6) is -0.0346. The Labute approximate surface area is 123 Å². The Morgan fingerprint density at radius 1 is 1.29 bits per heavy atom. The fraction of sp³-hybridized carbons (Fsp3) is 0.308.